The molecule has 0 rings (SSSR count). The van der Waals surface area contributed by atoms with Crippen LogP contribution in [-0.4, -0.2) is 30.5 Å². The quantitative estimate of drug-likeness (QED) is 0.254. The van der Waals surface area contributed by atoms with Crippen molar-refractivity contribution in [2.24, 2.45) is 10.2 Å². The van der Waals surface area contributed by atoms with E-state index in [1.54, 1.807) is 4.90 Å². The number of nitrogens with zero attached hydrogens (tertiary/aromatic N) is 3. The first-order valence-corrected chi connectivity index (χ1v) is 2.84. The van der Waals surface area contributed by atoms with Crippen molar-refractivity contribution in [1.29, 1.82) is 0 Å². The van der Waals surface area contributed by atoms with Gasteiger partial charge in [-0.1, -0.05) is 0 Å². The van der Waals surface area contributed by atoms with E-state index >= 15 is 0 Å². The minimum absolute atomic E-state index is 0.674. The molecule has 0 amide bonds. The summed E-state index contributed by atoms with van der Waals surface area (Å²) in [5.41, 5.74) is 0. The largest absolute Gasteiger partial charge is 0.355 e. The Morgan fingerprint density at radius 2 is 2.12 bits per heavy atom. The third-order valence-corrected chi connectivity index (χ3v) is 1.39. The van der Waals surface area contributed by atoms with E-state index in [1.165, 1.54) is 0 Å². The Hall–Kier alpha value is -0.380. The van der Waals surface area contributed by atoms with Crippen LogP contribution in [0.3, 0.4) is 0 Å². The lowest BCUT2D eigenvalue weighted by molar-refractivity contribution is 0.635. The number of hydrogen-bond donors (Lipinski definition) is 0. The second kappa shape index (κ2) is 3.60. The Balaban J connectivity index is 3.78. The van der Waals surface area contributed by atoms with Crippen LogP contribution in [0, 0.1) is 0 Å². The third-order valence-electron chi connectivity index (χ3n) is 0.522. The van der Waals surface area contributed by atoms with Crippen LogP contribution >= 0.6 is 15.9 Å². The van der Waals surface area contributed by atoms with Gasteiger partial charge in [0.05, 0.1) is 0 Å². The van der Waals surface area contributed by atoms with Crippen molar-refractivity contribution in [2.45, 2.75) is 0 Å². The molecule has 0 aliphatic rings. The highest BCUT2D eigenvalue weighted by Crippen LogP contribution is 1.91. The molecule has 0 radical (unpaired) electrons. The van der Waals surface area contributed by atoms with Crippen molar-refractivity contribution in [3.63, 3.8) is 0 Å². The highest BCUT2D eigenvalue weighted by Gasteiger charge is 1.90. The van der Waals surface area contributed by atoms with Crippen LogP contribution in [0.4, 0.5) is 0 Å². The lowest BCUT2D eigenvalue weighted by atomic mass is 11.0. The van der Waals surface area contributed by atoms with Gasteiger partial charge in [-0.25, -0.2) is 0 Å². The molecule has 4 heteroatoms. The maximum atomic E-state index is 3.60. The summed E-state index contributed by atoms with van der Waals surface area (Å²) in [5.74, 6) is 0. The zero-order valence-electron chi connectivity index (χ0n) is 4.93. The molecule has 46 valence electrons. The van der Waals surface area contributed by atoms with Crippen LogP contribution in [-0.2, 0) is 0 Å². The molecule has 0 saturated carbocycles. The van der Waals surface area contributed by atoms with E-state index in [4.69, 9.17) is 0 Å². The summed E-state index contributed by atoms with van der Waals surface area (Å²) in [4.78, 5) is 1.79. The van der Waals surface area contributed by atoms with Crippen molar-refractivity contribution in [3.8, 4) is 0 Å². The van der Waals surface area contributed by atoms with E-state index in [9.17, 15) is 0 Å². The van der Waals surface area contributed by atoms with Gasteiger partial charge in [-0.3, -0.25) is 0 Å². The highest BCUT2D eigenvalue weighted by molar-refractivity contribution is 9.18. The molecule has 0 bridgehead atoms. The minimum atomic E-state index is 0.674. The molecule has 0 aromatic heterocycles. The first kappa shape index (κ1) is 7.62. The third kappa shape index (κ3) is 2.74. The average molecular weight is 178 g/mol. The Morgan fingerprint density at radius 3 is 2.25 bits per heavy atom. The van der Waals surface area contributed by atoms with Crippen LogP contribution in [0.25, 0.3) is 0 Å². The second-order valence-electron chi connectivity index (χ2n) is 1.40. The van der Waals surface area contributed by atoms with E-state index in [1.807, 2.05) is 14.1 Å². The van der Waals surface area contributed by atoms with Gasteiger partial charge in [-0.05, 0) is 15.9 Å². The van der Waals surface area contributed by atoms with Gasteiger partial charge in [-0.15, -0.1) is 5.10 Å². The zero-order valence-corrected chi connectivity index (χ0v) is 6.51. The summed E-state index contributed by atoms with van der Waals surface area (Å²) >= 11 is 3.14. The minimum Gasteiger partial charge on any atom is -0.355 e. The van der Waals surface area contributed by atoms with Gasteiger partial charge in [-0.2, -0.15) is 5.10 Å². The number of rotatable bonds is 1. The lowest BCUT2D eigenvalue weighted by Gasteiger charge is -2.05. The van der Waals surface area contributed by atoms with Gasteiger partial charge in [0.2, 0.25) is 0 Å². The molecule has 0 spiro atoms. The molecule has 0 aromatic rings. The molecule has 8 heavy (non-hydrogen) atoms. The summed E-state index contributed by atoms with van der Waals surface area (Å²) < 4.78 is 0.674. The molecule has 0 saturated heterocycles. The molecular formula is C4H8BrN3. The van der Waals surface area contributed by atoms with Gasteiger partial charge in [0, 0.05) is 20.8 Å². The summed E-state index contributed by atoms with van der Waals surface area (Å²) in [6, 6.07) is 0. The van der Waals surface area contributed by atoms with E-state index in [0.29, 0.717) is 4.74 Å². The number of halogens is 1. The lowest BCUT2D eigenvalue weighted by Crippen LogP contribution is -2.14. The number of hydrogen-bond acceptors (Lipinski definition) is 2. The van der Waals surface area contributed by atoms with Crippen LogP contribution < -0.4 is 0 Å². The molecule has 0 fully saturated rings. The summed E-state index contributed by atoms with van der Waals surface area (Å²) in [6.07, 6.45) is 0. The Kier molecular flexibility index (Phi) is 3.43. The molecule has 0 aliphatic carbocycles. The molecule has 0 N–H and O–H groups in total. The van der Waals surface area contributed by atoms with Crippen LogP contribution in [0.15, 0.2) is 10.2 Å². The number of amidine groups is 1. The molecule has 0 heterocycles. The fourth-order valence-corrected chi connectivity index (χ4v) is 0.260. The van der Waals surface area contributed by atoms with E-state index in [2.05, 4.69) is 32.9 Å². The smallest absolute Gasteiger partial charge is 0.194 e. The van der Waals surface area contributed by atoms with E-state index < -0.39 is 0 Å². The van der Waals surface area contributed by atoms with Crippen LogP contribution in [0.2, 0.25) is 0 Å². The SMILES string of the molecule is C=N/N=C(/Br)N(C)C. The molecule has 0 aromatic carbocycles. The standard InChI is InChI=1S/C4H8BrN3/c1-6-7-4(5)8(2)3/h1H2,2-3H3/b7-4-. The second-order valence-corrected chi connectivity index (χ2v) is 2.11. The molecule has 0 atom stereocenters. The molecule has 0 aliphatic heterocycles. The topological polar surface area (TPSA) is 28.0 Å². The fraction of sp³-hybridized carbons (Fsp3) is 0.500. The van der Waals surface area contributed by atoms with Gasteiger partial charge >= 0.3 is 0 Å². The highest BCUT2D eigenvalue weighted by atomic mass is 79.9. The van der Waals surface area contributed by atoms with E-state index in [0.717, 1.165) is 0 Å². The maximum absolute atomic E-state index is 3.60. The molecule has 0 unspecified atom stereocenters. The van der Waals surface area contributed by atoms with Gasteiger partial charge in [0.15, 0.2) is 4.74 Å². The summed E-state index contributed by atoms with van der Waals surface area (Å²) in [5, 5.41) is 6.90. The average Bonchev–Trinajstić information content (AvgIpc) is 1.67. The van der Waals surface area contributed by atoms with Crippen molar-refractivity contribution in [3.05, 3.63) is 0 Å². The molecule has 3 nitrogen and oxygen atoms in total. The summed E-state index contributed by atoms with van der Waals surface area (Å²) in [7, 11) is 3.72. The van der Waals surface area contributed by atoms with Gasteiger partial charge in [0.1, 0.15) is 0 Å². The normalized spacial score (nSPS) is 11.1. The van der Waals surface area contributed by atoms with Gasteiger partial charge in [0.25, 0.3) is 0 Å². The van der Waals surface area contributed by atoms with Crippen LogP contribution in [0.5, 0.6) is 0 Å². The molecular weight excluding hydrogens is 170 g/mol. The van der Waals surface area contributed by atoms with Crippen molar-refractivity contribution < 1.29 is 0 Å². The predicted molar refractivity (Wildman–Crippen MR) is 39.6 cm³/mol. The predicted octanol–water partition coefficient (Wildman–Crippen LogP) is 0.915. The monoisotopic (exact) mass is 177 g/mol. The Bertz CT molecular complexity index is 108. The van der Waals surface area contributed by atoms with Crippen molar-refractivity contribution in [1.82, 2.24) is 4.90 Å². The first-order valence-electron chi connectivity index (χ1n) is 2.05. The fourth-order valence-electron chi connectivity index (χ4n) is 0.148. The van der Waals surface area contributed by atoms with Crippen molar-refractivity contribution >= 4 is 27.4 Å². The van der Waals surface area contributed by atoms with Gasteiger partial charge < -0.3 is 4.90 Å². The summed E-state index contributed by atoms with van der Waals surface area (Å²) in [6.45, 7) is 3.19. The zero-order chi connectivity index (χ0) is 6.57. The van der Waals surface area contributed by atoms with E-state index in [-0.39, 0.29) is 0 Å². The maximum Gasteiger partial charge on any atom is 0.194 e. The van der Waals surface area contributed by atoms with Crippen molar-refractivity contribution in [2.75, 3.05) is 14.1 Å². The Morgan fingerprint density at radius 1 is 1.62 bits per heavy atom. The van der Waals surface area contributed by atoms with Crippen LogP contribution in [0.1, 0.15) is 0 Å². The Labute approximate surface area is 57.2 Å². The first-order chi connectivity index (χ1) is 3.68.